The lowest BCUT2D eigenvalue weighted by Crippen LogP contribution is -2.23. The second-order valence-corrected chi connectivity index (χ2v) is 7.15. The number of aromatic carboxylic acids is 1. The maximum Gasteiger partial charge on any atom is 0.339 e. The Labute approximate surface area is 128 Å². The van der Waals surface area contributed by atoms with Gasteiger partial charge in [0.05, 0.1) is 5.56 Å². The van der Waals surface area contributed by atoms with E-state index >= 15 is 0 Å². The topological polar surface area (TPSA) is 66.4 Å². The standard InChI is InChI=1S/C16H21NO3S/c18-14(10-6-3-1-2-4-7-10)17-15-13(16(19)20)11-8-5-9-12(11)21-15/h10H,1-9H2,(H,17,18)(H,19,20). The van der Waals surface area contributed by atoms with Gasteiger partial charge in [0.1, 0.15) is 5.00 Å². The summed E-state index contributed by atoms with van der Waals surface area (Å²) in [6.45, 7) is 0. The zero-order valence-corrected chi connectivity index (χ0v) is 12.9. The fourth-order valence-corrected chi connectivity index (χ4v) is 4.76. The van der Waals surface area contributed by atoms with Gasteiger partial charge in [-0.3, -0.25) is 4.79 Å². The van der Waals surface area contributed by atoms with Crippen LogP contribution in [-0.2, 0) is 17.6 Å². The Morgan fingerprint density at radius 3 is 2.43 bits per heavy atom. The molecule has 0 spiro atoms. The van der Waals surface area contributed by atoms with Crippen LogP contribution in [0, 0.1) is 5.92 Å². The maximum absolute atomic E-state index is 12.4. The molecule has 0 radical (unpaired) electrons. The Bertz CT molecular complexity index is 556. The van der Waals surface area contributed by atoms with Gasteiger partial charge in [-0.15, -0.1) is 11.3 Å². The molecule has 2 aliphatic carbocycles. The summed E-state index contributed by atoms with van der Waals surface area (Å²) >= 11 is 1.46. The quantitative estimate of drug-likeness (QED) is 0.834. The largest absolute Gasteiger partial charge is 0.478 e. The van der Waals surface area contributed by atoms with Gasteiger partial charge in [0, 0.05) is 10.8 Å². The lowest BCUT2D eigenvalue weighted by molar-refractivity contribution is -0.120. The molecule has 1 fully saturated rings. The first-order valence-corrected chi connectivity index (χ1v) is 8.67. The highest BCUT2D eigenvalue weighted by molar-refractivity contribution is 7.17. The number of hydrogen-bond acceptors (Lipinski definition) is 3. The van der Waals surface area contributed by atoms with Crippen molar-refractivity contribution in [1.29, 1.82) is 0 Å². The number of carbonyl (C=O) groups excluding carboxylic acids is 1. The summed E-state index contributed by atoms with van der Waals surface area (Å²) in [5.74, 6) is -0.851. The molecule has 4 nitrogen and oxygen atoms in total. The Morgan fingerprint density at radius 1 is 1.05 bits per heavy atom. The number of carboxylic acids is 1. The zero-order valence-electron chi connectivity index (χ0n) is 12.1. The molecule has 0 unspecified atom stereocenters. The van der Waals surface area contributed by atoms with Gasteiger partial charge in [-0.25, -0.2) is 4.79 Å². The number of nitrogens with one attached hydrogen (secondary N) is 1. The van der Waals surface area contributed by atoms with E-state index in [0.717, 1.165) is 55.4 Å². The smallest absolute Gasteiger partial charge is 0.339 e. The molecule has 0 saturated heterocycles. The predicted octanol–water partition coefficient (Wildman–Crippen LogP) is 3.84. The third kappa shape index (κ3) is 2.98. The van der Waals surface area contributed by atoms with Crippen LogP contribution < -0.4 is 5.32 Å². The lowest BCUT2D eigenvalue weighted by atomic mass is 9.99. The van der Waals surface area contributed by atoms with Crippen molar-refractivity contribution in [3.63, 3.8) is 0 Å². The summed E-state index contributed by atoms with van der Waals surface area (Å²) in [6, 6.07) is 0. The van der Waals surface area contributed by atoms with Gasteiger partial charge in [-0.1, -0.05) is 25.7 Å². The molecular weight excluding hydrogens is 286 g/mol. The monoisotopic (exact) mass is 307 g/mol. The van der Waals surface area contributed by atoms with Crippen LogP contribution in [0.3, 0.4) is 0 Å². The van der Waals surface area contributed by atoms with Gasteiger partial charge in [0.2, 0.25) is 5.91 Å². The number of hydrogen-bond donors (Lipinski definition) is 2. The van der Waals surface area contributed by atoms with Crippen LogP contribution in [0.1, 0.15) is 65.7 Å². The Morgan fingerprint density at radius 2 is 1.76 bits per heavy atom. The van der Waals surface area contributed by atoms with E-state index in [2.05, 4.69) is 5.32 Å². The molecule has 1 aromatic rings. The first kappa shape index (κ1) is 14.6. The van der Waals surface area contributed by atoms with E-state index in [1.807, 2.05) is 0 Å². The van der Waals surface area contributed by atoms with E-state index in [9.17, 15) is 14.7 Å². The highest BCUT2D eigenvalue weighted by Gasteiger charge is 2.28. The predicted molar refractivity (Wildman–Crippen MR) is 83.1 cm³/mol. The number of carboxylic acid groups (broad SMARTS) is 1. The summed E-state index contributed by atoms with van der Waals surface area (Å²) in [5, 5.41) is 12.9. The van der Waals surface area contributed by atoms with Crippen LogP contribution in [0.5, 0.6) is 0 Å². The van der Waals surface area contributed by atoms with Crippen molar-refractivity contribution in [1.82, 2.24) is 0 Å². The van der Waals surface area contributed by atoms with Crippen molar-refractivity contribution >= 4 is 28.2 Å². The van der Waals surface area contributed by atoms with Crippen molar-refractivity contribution in [2.24, 2.45) is 5.92 Å². The molecule has 2 aliphatic rings. The van der Waals surface area contributed by atoms with Crippen molar-refractivity contribution in [2.45, 2.75) is 57.8 Å². The molecule has 0 atom stereocenters. The molecule has 0 bridgehead atoms. The SMILES string of the molecule is O=C(O)c1c(NC(=O)C2CCCCCC2)sc2c1CCC2. The molecule has 114 valence electrons. The van der Waals surface area contributed by atoms with Gasteiger partial charge in [0.15, 0.2) is 0 Å². The lowest BCUT2D eigenvalue weighted by Gasteiger charge is -2.13. The Balaban J connectivity index is 1.78. The average Bonchev–Trinajstić information content (AvgIpc) is 2.88. The Kier molecular flexibility index (Phi) is 4.29. The molecule has 5 heteroatoms. The minimum atomic E-state index is -0.912. The van der Waals surface area contributed by atoms with Gasteiger partial charge < -0.3 is 10.4 Å². The minimum absolute atomic E-state index is 0.0133. The molecule has 1 aromatic heterocycles. The number of aryl methyl sites for hydroxylation is 1. The fourth-order valence-electron chi connectivity index (χ4n) is 3.47. The van der Waals surface area contributed by atoms with Gasteiger partial charge in [-0.2, -0.15) is 0 Å². The number of fused-ring (bicyclic) bond motifs is 1. The number of carbonyl (C=O) groups is 2. The molecular formula is C16H21NO3S. The van der Waals surface area contributed by atoms with Crippen molar-refractivity contribution in [2.75, 3.05) is 5.32 Å². The van der Waals surface area contributed by atoms with Crippen LogP contribution in [0.4, 0.5) is 5.00 Å². The molecule has 1 saturated carbocycles. The minimum Gasteiger partial charge on any atom is -0.478 e. The van der Waals surface area contributed by atoms with Crippen LogP contribution in [0.15, 0.2) is 0 Å². The third-order valence-corrected chi connectivity index (χ3v) is 5.81. The van der Waals surface area contributed by atoms with Crippen molar-refractivity contribution in [3.8, 4) is 0 Å². The normalized spacial score (nSPS) is 19.0. The highest BCUT2D eigenvalue weighted by atomic mass is 32.1. The van der Waals surface area contributed by atoms with Gasteiger partial charge >= 0.3 is 5.97 Å². The van der Waals surface area contributed by atoms with Crippen LogP contribution in [-0.4, -0.2) is 17.0 Å². The summed E-state index contributed by atoms with van der Waals surface area (Å²) < 4.78 is 0. The number of anilines is 1. The van der Waals surface area contributed by atoms with E-state index in [1.165, 1.54) is 24.2 Å². The second kappa shape index (κ2) is 6.18. The number of rotatable bonds is 3. The maximum atomic E-state index is 12.4. The van der Waals surface area contributed by atoms with E-state index < -0.39 is 5.97 Å². The Hall–Kier alpha value is -1.36. The number of thiophene rings is 1. The van der Waals surface area contributed by atoms with E-state index in [-0.39, 0.29) is 11.8 Å². The summed E-state index contributed by atoms with van der Waals surface area (Å²) in [5.41, 5.74) is 1.29. The first-order valence-electron chi connectivity index (χ1n) is 7.85. The average molecular weight is 307 g/mol. The third-order valence-electron chi connectivity index (χ3n) is 4.60. The van der Waals surface area contributed by atoms with Crippen molar-refractivity contribution in [3.05, 3.63) is 16.0 Å². The zero-order chi connectivity index (χ0) is 14.8. The molecule has 0 aromatic carbocycles. The van der Waals surface area contributed by atoms with E-state index in [1.54, 1.807) is 0 Å². The number of amides is 1. The fraction of sp³-hybridized carbons (Fsp3) is 0.625. The van der Waals surface area contributed by atoms with Crippen LogP contribution >= 0.6 is 11.3 Å². The van der Waals surface area contributed by atoms with E-state index in [0.29, 0.717) is 10.6 Å². The highest BCUT2D eigenvalue weighted by Crippen LogP contribution is 2.39. The van der Waals surface area contributed by atoms with Gasteiger partial charge in [-0.05, 0) is 37.7 Å². The van der Waals surface area contributed by atoms with Crippen LogP contribution in [0.2, 0.25) is 0 Å². The second-order valence-electron chi connectivity index (χ2n) is 6.04. The summed E-state index contributed by atoms with van der Waals surface area (Å²) in [4.78, 5) is 25.1. The summed E-state index contributed by atoms with van der Waals surface area (Å²) in [6.07, 6.45) is 9.27. The molecule has 21 heavy (non-hydrogen) atoms. The molecule has 3 rings (SSSR count). The molecule has 1 heterocycles. The first-order chi connectivity index (χ1) is 10.2. The van der Waals surface area contributed by atoms with Crippen LogP contribution in [0.25, 0.3) is 0 Å². The molecule has 1 amide bonds. The van der Waals surface area contributed by atoms with Crippen molar-refractivity contribution < 1.29 is 14.7 Å². The summed E-state index contributed by atoms with van der Waals surface area (Å²) in [7, 11) is 0. The molecule has 0 aliphatic heterocycles. The van der Waals surface area contributed by atoms with E-state index in [4.69, 9.17) is 0 Å². The van der Waals surface area contributed by atoms with Gasteiger partial charge in [0.25, 0.3) is 0 Å². The molecule has 2 N–H and O–H groups in total.